The van der Waals surface area contributed by atoms with Crippen LogP contribution in [0.15, 0.2) is 29.3 Å². The summed E-state index contributed by atoms with van der Waals surface area (Å²) in [6.07, 6.45) is 6.29. The van der Waals surface area contributed by atoms with Crippen molar-refractivity contribution >= 4 is 35.8 Å². The molecule has 1 atom stereocenters. The van der Waals surface area contributed by atoms with Gasteiger partial charge in [0.1, 0.15) is 5.82 Å². The lowest BCUT2D eigenvalue weighted by atomic mass is 9.95. The van der Waals surface area contributed by atoms with Crippen molar-refractivity contribution < 1.29 is 13.9 Å². The van der Waals surface area contributed by atoms with Crippen molar-refractivity contribution in [3.63, 3.8) is 0 Å². The van der Waals surface area contributed by atoms with Crippen LogP contribution in [0.2, 0.25) is 0 Å². The van der Waals surface area contributed by atoms with E-state index in [9.17, 15) is 9.18 Å². The molecule has 1 unspecified atom stereocenters. The number of hydrogen-bond acceptors (Lipinski definition) is 4. The maximum absolute atomic E-state index is 13.4. The highest BCUT2D eigenvalue weighted by atomic mass is 127. The summed E-state index contributed by atoms with van der Waals surface area (Å²) in [5.41, 5.74) is 1.05. The van der Waals surface area contributed by atoms with Crippen molar-refractivity contribution in [3.05, 3.63) is 35.6 Å². The Bertz CT molecular complexity index is 707. The molecule has 1 heterocycles. The summed E-state index contributed by atoms with van der Waals surface area (Å²) in [6, 6.07) is 7.09. The van der Waals surface area contributed by atoms with E-state index < -0.39 is 0 Å². The summed E-state index contributed by atoms with van der Waals surface area (Å²) >= 11 is 0. The molecular formula is C23H37FIN5O2. The van der Waals surface area contributed by atoms with Gasteiger partial charge in [0.05, 0.1) is 19.3 Å². The van der Waals surface area contributed by atoms with Gasteiger partial charge in [0, 0.05) is 45.7 Å². The smallest absolute Gasteiger partial charge is 0.221 e. The van der Waals surface area contributed by atoms with Gasteiger partial charge in [0.15, 0.2) is 5.96 Å². The second-order valence-corrected chi connectivity index (χ2v) is 8.25. The number of carbonyl (C=O) groups excluding carboxylic acids is 1. The van der Waals surface area contributed by atoms with Gasteiger partial charge >= 0.3 is 0 Å². The van der Waals surface area contributed by atoms with E-state index in [0.29, 0.717) is 44.7 Å². The first-order chi connectivity index (χ1) is 15.2. The fraction of sp³-hybridized carbons (Fsp3) is 0.652. The molecule has 180 valence electrons. The second kappa shape index (κ2) is 14.6. The number of halogens is 2. The number of ether oxygens (including phenoxy) is 1. The standard InChI is InChI=1S/C23H36FN5O2.HI/c1-25-23(26-12-11-22(30)28-20-5-3-2-4-6-20)27-17-21(29-13-15-31-16-14-29)18-7-9-19(24)10-8-18;/h7-10,20-21H,2-6,11-17H2,1H3,(H,28,30)(H2,25,26,27);1H. The van der Waals surface area contributed by atoms with E-state index in [1.54, 1.807) is 7.05 Å². The molecule has 1 aromatic carbocycles. The molecule has 0 spiro atoms. The Balaban J connectivity index is 0.00000363. The maximum Gasteiger partial charge on any atom is 0.221 e. The summed E-state index contributed by atoms with van der Waals surface area (Å²) in [5, 5.41) is 9.74. The number of rotatable bonds is 8. The third kappa shape index (κ3) is 8.82. The Hall–Kier alpha value is -1.46. The summed E-state index contributed by atoms with van der Waals surface area (Å²) < 4.78 is 18.9. The van der Waals surface area contributed by atoms with Crippen LogP contribution in [0.3, 0.4) is 0 Å². The predicted octanol–water partition coefficient (Wildman–Crippen LogP) is 2.82. The molecule has 0 bridgehead atoms. The number of hydrogen-bond donors (Lipinski definition) is 3. The Kier molecular flexibility index (Phi) is 12.3. The molecule has 1 aliphatic heterocycles. The molecule has 1 aliphatic carbocycles. The predicted molar refractivity (Wildman–Crippen MR) is 136 cm³/mol. The fourth-order valence-electron chi connectivity index (χ4n) is 4.29. The molecule has 7 nitrogen and oxygen atoms in total. The average Bonchev–Trinajstić information content (AvgIpc) is 2.80. The van der Waals surface area contributed by atoms with Gasteiger partial charge < -0.3 is 20.7 Å². The van der Waals surface area contributed by atoms with Crippen molar-refractivity contribution in [3.8, 4) is 0 Å². The highest BCUT2D eigenvalue weighted by Gasteiger charge is 2.23. The van der Waals surface area contributed by atoms with E-state index in [4.69, 9.17) is 4.74 Å². The van der Waals surface area contributed by atoms with Crippen LogP contribution in [0.5, 0.6) is 0 Å². The van der Waals surface area contributed by atoms with E-state index in [1.807, 2.05) is 12.1 Å². The van der Waals surface area contributed by atoms with Gasteiger partial charge in [0.2, 0.25) is 5.91 Å². The molecule has 2 aliphatic rings. The number of nitrogens with zero attached hydrogens (tertiary/aromatic N) is 2. The number of aliphatic imine (C=N–C) groups is 1. The molecule has 0 aromatic heterocycles. The van der Waals surface area contributed by atoms with E-state index in [2.05, 4.69) is 25.8 Å². The highest BCUT2D eigenvalue weighted by Crippen LogP contribution is 2.21. The molecule has 2 fully saturated rings. The largest absolute Gasteiger partial charge is 0.379 e. The van der Waals surface area contributed by atoms with Crippen LogP contribution in [0.25, 0.3) is 0 Å². The van der Waals surface area contributed by atoms with Crippen LogP contribution in [0, 0.1) is 5.82 Å². The van der Waals surface area contributed by atoms with Crippen LogP contribution in [-0.4, -0.2) is 69.2 Å². The SMILES string of the molecule is CN=C(NCCC(=O)NC1CCCCC1)NCC(c1ccc(F)cc1)N1CCOCC1.I. The molecule has 3 rings (SSSR count). The summed E-state index contributed by atoms with van der Waals surface area (Å²) in [6.45, 7) is 4.20. The zero-order valence-electron chi connectivity index (χ0n) is 18.9. The molecule has 1 aromatic rings. The zero-order chi connectivity index (χ0) is 21.9. The van der Waals surface area contributed by atoms with Crippen LogP contribution in [0.4, 0.5) is 4.39 Å². The number of nitrogens with one attached hydrogen (secondary N) is 3. The van der Waals surface area contributed by atoms with E-state index in [-0.39, 0.29) is 41.7 Å². The van der Waals surface area contributed by atoms with E-state index in [1.165, 1.54) is 31.4 Å². The van der Waals surface area contributed by atoms with E-state index >= 15 is 0 Å². The molecule has 3 N–H and O–H groups in total. The van der Waals surface area contributed by atoms with Crippen molar-refractivity contribution in [1.82, 2.24) is 20.9 Å². The molecule has 1 saturated carbocycles. The van der Waals surface area contributed by atoms with Gasteiger partial charge in [-0.1, -0.05) is 31.4 Å². The molecule has 9 heteroatoms. The normalized spacial score (nSPS) is 19.0. The lowest BCUT2D eigenvalue weighted by Crippen LogP contribution is -2.47. The first kappa shape index (κ1) is 26.8. The number of guanidine groups is 1. The van der Waals surface area contributed by atoms with Gasteiger partial charge in [0.25, 0.3) is 0 Å². The third-order valence-corrected chi connectivity index (χ3v) is 6.04. The highest BCUT2D eigenvalue weighted by molar-refractivity contribution is 14.0. The zero-order valence-corrected chi connectivity index (χ0v) is 21.3. The summed E-state index contributed by atoms with van der Waals surface area (Å²) in [7, 11) is 1.72. The summed E-state index contributed by atoms with van der Waals surface area (Å²) in [5.74, 6) is 0.514. The van der Waals surface area contributed by atoms with Gasteiger partial charge in [-0.25, -0.2) is 4.39 Å². The number of morpholine rings is 1. The number of carbonyl (C=O) groups is 1. The molecular weight excluding hydrogens is 524 g/mol. The molecule has 1 amide bonds. The molecule has 0 radical (unpaired) electrons. The Labute approximate surface area is 208 Å². The molecule has 32 heavy (non-hydrogen) atoms. The third-order valence-electron chi connectivity index (χ3n) is 6.04. The van der Waals surface area contributed by atoms with Crippen molar-refractivity contribution in [1.29, 1.82) is 0 Å². The number of amides is 1. The first-order valence-electron chi connectivity index (χ1n) is 11.5. The lowest BCUT2D eigenvalue weighted by Gasteiger charge is -2.35. The van der Waals surface area contributed by atoms with Crippen molar-refractivity contribution in [2.24, 2.45) is 4.99 Å². The van der Waals surface area contributed by atoms with Gasteiger partial charge in [-0.15, -0.1) is 24.0 Å². The maximum atomic E-state index is 13.4. The Morgan fingerprint density at radius 1 is 1.16 bits per heavy atom. The minimum absolute atomic E-state index is 0. The summed E-state index contributed by atoms with van der Waals surface area (Å²) in [4.78, 5) is 18.8. The quantitative estimate of drug-likeness (QED) is 0.259. The Morgan fingerprint density at radius 2 is 1.84 bits per heavy atom. The van der Waals surface area contributed by atoms with Crippen LogP contribution in [0.1, 0.15) is 50.1 Å². The van der Waals surface area contributed by atoms with Crippen molar-refractivity contribution in [2.75, 3.05) is 46.4 Å². The lowest BCUT2D eigenvalue weighted by molar-refractivity contribution is -0.121. The second-order valence-electron chi connectivity index (χ2n) is 8.25. The van der Waals surface area contributed by atoms with Crippen LogP contribution in [-0.2, 0) is 9.53 Å². The Morgan fingerprint density at radius 3 is 2.50 bits per heavy atom. The van der Waals surface area contributed by atoms with Crippen LogP contribution < -0.4 is 16.0 Å². The minimum Gasteiger partial charge on any atom is -0.379 e. The van der Waals surface area contributed by atoms with Gasteiger partial charge in [-0.05, 0) is 30.5 Å². The van der Waals surface area contributed by atoms with Gasteiger partial charge in [-0.2, -0.15) is 0 Å². The minimum atomic E-state index is -0.235. The topological polar surface area (TPSA) is 78.0 Å². The van der Waals surface area contributed by atoms with Crippen LogP contribution >= 0.6 is 24.0 Å². The number of benzene rings is 1. The average molecular weight is 561 g/mol. The van der Waals surface area contributed by atoms with E-state index in [0.717, 1.165) is 31.5 Å². The van der Waals surface area contributed by atoms with Crippen molar-refractivity contribution in [2.45, 2.75) is 50.6 Å². The van der Waals surface area contributed by atoms with Gasteiger partial charge in [-0.3, -0.25) is 14.7 Å². The first-order valence-corrected chi connectivity index (χ1v) is 11.5. The molecule has 1 saturated heterocycles. The fourth-order valence-corrected chi connectivity index (χ4v) is 4.29. The monoisotopic (exact) mass is 561 g/mol.